The summed E-state index contributed by atoms with van der Waals surface area (Å²) in [5.41, 5.74) is 1.05. The minimum Gasteiger partial charge on any atom is -0.496 e. The zero-order valence-electron chi connectivity index (χ0n) is 10.4. The van der Waals surface area contributed by atoms with Gasteiger partial charge in [-0.05, 0) is 24.8 Å². The van der Waals surface area contributed by atoms with Crippen molar-refractivity contribution in [3.05, 3.63) is 29.8 Å². The van der Waals surface area contributed by atoms with Crippen molar-refractivity contribution in [1.29, 1.82) is 0 Å². The van der Waals surface area contributed by atoms with Gasteiger partial charge in [0.2, 0.25) is 0 Å². The van der Waals surface area contributed by atoms with Gasteiger partial charge in [0.15, 0.2) is 0 Å². The molecule has 1 fully saturated rings. The number of aldehydes is 1. The van der Waals surface area contributed by atoms with Crippen LogP contribution in [0.3, 0.4) is 0 Å². The Labute approximate surface area is 103 Å². The molecule has 1 aliphatic carbocycles. The highest BCUT2D eigenvalue weighted by Gasteiger charge is 2.26. The lowest BCUT2D eigenvalue weighted by atomic mass is 9.77. The van der Waals surface area contributed by atoms with Gasteiger partial charge >= 0.3 is 0 Å². The molecule has 1 unspecified atom stereocenters. The molecule has 1 aromatic carbocycles. The number of carbonyl (C=O) groups excluding carboxylic acids is 1. The molecule has 0 heterocycles. The van der Waals surface area contributed by atoms with Crippen LogP contribution in [0.4, 0.5) is 0 Å². The van der Waals surface area contributed by atoms with Gasteiger partial charge in [0.25, 0.3) is 0 Å². The fourth-order valence-corrected chi connectivity index (χ4v) is 2.87. The fraction of sp³-hybridized carbons (Fsp3) is 0.533. The van der Waals surface area contributed by atoms with Gasteiger partial charge in [-0.2, -0.15) is 0 Å². The van der Waals surface area contributed by atoms with E-state index in [-0.39, 0.29) is 5.92 Å². The van der Waals surface area contributed by atoms with Gasteiger partial charge in [0.05, 0.1) is 7.11 Å². The number of benzene rings is 1. The van der Waals surface area contributed by atoms with Crippen molar-refractivity contribution in [2.24, 2.45) is 5.92 Å². The van der Waals surface area contributed by atoms with Gasteiger partial charge in [-0.15, -0.1) is 0 Å². The Kier molecular flexibility index (Phi) is 4.18. The van der Waals surface area contributed by atoms with Crippen molar-refractivity contribution in [1.82, 2.24) is 0 Å². The van der Waals surface area contributed by atoms with Crippen molar-refractivity contribution >= 4 is 6.29 Å². The van der Waals surface area contributed by atoms with Crippen LogP contribution in [-0.4, -0.2) is 13.4 Å². The van der Waals surface area contributed by atoms with E-state index in [1.54, 1.807) is 7.11 Å². The molecular weight excluding hydrogens is 212 g/mol. The first-order valence-corrected chi connectivity index (χ1v) is 6.45. The highest BCUT2D eigenvalue weighted by molar-refractivity contribution is 5.65. The summed E-state index contributed by atoms with van der Waals surface area (Å²) in [6, 6.07) is 7.89. The molecule has 1 aliphatic rings. The first kappa shape index (κ1) is 12.2. The van der Waals surface area contributed by atoms with E-state index in [0.29, 0.717) is 5.92 Å². The third-order valence-electron chi connectivity index (χ3n) is 3.80. The normalized spacial score (nSPS) is 18.6. The van der Waals surface area contributed by atoms with E-state index in [4.69, 9.17) is 4.74 Å². The maximum absolute atomic E-state index is 11.4. The number of methoxy groups -OCH3 is 1. The molecule has 17 heavy (non-hydrogen) atoms. The highest BCUT2D eigenvalue weighted by atomic mass is 16.5. The van der Waals surface area contributed by atoms with Crippen molar-refractivity contribution in [3.8, 4) is 5.75 Å². The lowest BCUT2D eigenvalue weighted by Gasteiger charge is -2.27. The molecule has 92 valence electrons. The second kappa shape index (κ2) is 5.85. The Morgan fingerprint density at radius 1 is 1.24 bits per heavy atom. The van der Waals surface area contributed by atoms with E-state index in [1.807, 2.05) is 24.3 Å². The Morgan fingerprint density at radius 3 is 2.59 bits per heavy atom. The van der Waals surface area contributed by atoms with Crippen LogP contribution in [0.25, 0.3) is 0 Å². The zero-order valence-corrected chi connectivity index (χ0v) is 10.4. The molecule has 0 bridgehead atoms. The lowest BCUT2D eigenvalue weighted by Crippen LogP contribution is -2.18. The Bertz CT molecular complexity index is 367. The maximum atomic E-state index is 11.4. The quantitative estimate of drug-likeness (QED) is 0.742. The van der Waals surface area contributed by atoms with Crippen LogP contribution in [-0.2, 0) is 4.79 Å². The highest BCUT2D eigenvalue weighted by Crippen LogP contribution is 2.38. The predicted octanol–water partition coefficient (Wildman–Crippen LogP) is 3.56. The largest absolute Gasteiger partial charge is 0.496 e. The summed E-state index contributed by atoms with van der Waals surface area (Å²) < 4.78 is 5.36. The summed E-state index contributed by atoms with van der Waals surface area (Å²) in [7, 11) is 1.67. The molecule has 1 aromatic rings. The van der Waals surface area contributed by atoms with Crippen LogP contribution in [0.1, 0.15) is 43.6 Å². The third-order valence-corrected chi connectivity index (χ3v) is 3.80. The predicted molar refractivity (Wildman–Crippen MR) is 68.4 cm³/mol. The second-order valence-electron chi connectivity index (χ2n) is 4.80. The maximum Gasteiger partial charge on any atom is 0.127 e. The van der Waals surface area contributed by atoms with Gasteiger partial charge in [-0.25, -0.2) is 0 Å². The Hall–Kier alpha value is -1.31. The number of rotatable bonds is 4. The fourth-order valence-electron chi connectivity index (χ4n) is 2.87. The average Bonchev–Trinajstić information content (AvgIpc) is 2.41. The number of hydrogen-bond acceptors (Lipinski definition) is 2. The minimum atomic E-state index is 0.00597. The van der Waals surface area contributed by atoms with E-state index in [1.165, 1.54) is 32.1 Å². The number of carbonyl (C=O) groups is 1. The van der Waals surface area contributed by atoms with Gasteiger partial charge in [-0.1, -0.05) is 37.5 Å². The summed E-state index contributed by atoms with van der Waals surface area (Å²) in [5.74, 6) is 1.35. The summed E-state index contributed by atoms with van der Waals surface area (Å²) in [4.78, 5) is 11.4. The standard InChI is InChI=1S/C15H20O2/c1-17-15-10-6-5-9-13(15)14(11-16)12-7-3-2-4-8-12/h5-6,9-12,14H,2-4,7-8H2,1H3. The van der Waals surface area contributed by atoms with Gasteiger partial charge < -0.3 is 9.53 Å². The van der Waals surface area contributed by atoms with Crippen LogP contribution >= 0.6 is 0 Å². The Morgan fingerprint density at radius 2 is 1.94 bits per heavy atom. The van der Waals surface area contributed by atoms with Gasteiger partial charge in [-0.3, -0.25) is 0 Å². The topological polar surface area (TPSA) is 26.3 Å². The molecule has 1 saturated carbocycles. The van der Waals surface area contributed by atoms with E-state index in [0.717, 1.165) is 17.6 Å². The average molecular weight is 232 g/mol. The molecule has 0 amide bonds. The van der Waals surface area contributed by atoms with Crippen molar-refractivity contribution in [2.45, 2.75) is 38.0 Å². The second-order valence-corrected chi connectivity index (χ2v) is 4.80. The summed E-state index contributed by atoms with van der Waals surface area (Å²) in [6.45, 7) is 0. The van der Waals surface area contributed by atoms with Crippen LogP contribution in [0.2, 0.25) is 0 Å². The van der Waals surface area contributed by atoms with Crippen LogP contribution in [0.5, 0.6) is 5.75 Å². The summed E-state index contributed by atoms with van der Waals surface area (Å²) in [6.07, 6.45) is 7.26. The van der Waals surface area contributed by atoms with Crippen LogP contribution in [0, 0.1) is 5.92 Å². The molecular formula is C15H20O2. The van der Waals surface area contributed by atoms with E-state index < -0.39 is 0 Å². The lowest BCUT2D eigenvalue weighted by molar-refractivity contribution is -0.110. The van der Waals surface area contributed by atoms with E-state index in [2.05, 4.69) is 0 Å². The van der Waals surface area contributed by atoms with Crippen LogP contribution in [0.15, 0.2) is 24.3 Å². The molecule has 0 aliphatic heterocycles. The van der Waals surface area contributed by atoms with E-state index >= 15 is 0 Å². The molecule has 0 aromatic heterocycles. The third kappa shape index (κ3) is 2.68. The molecule has 2 heteroatoms. The molecule has 1 atom stereocenters. The molecule has 2 nitrogen and oxygen atoms in total. The Balaban J connectivity index is 2.24. The number of ether oxygens (including phenoxy) is 1. The SMILES string of the molecule is COc1ccccc1C(C=O)C1CCCCC1. The van der Waals surface area contributed by atoms with Crippen molar-refractivity contribution in [3.63, 3.8) is 0 Å². The number of para-hydroxylation sites is 1. The van der Waals surface area contributed by atoms with E-state index in [9.17, 15) is 4.79 Å². The molecule has 0 radical (unpaired) electrons. The van der Waals surface area contributed by atoms with Gasteiger partial charge in [0, 0.05) is 11.5 Å². The monoisotopic (exact) mass is 232 g/mol. The first-order valence-electron chi connectivity index (χ1n) is 6.45. The molecule has 2 rings (SSSR count). The zero-order chi connectivity index (χ0) is 12.1. The van der Waals surface area contributed by atoms with Gasteiger partial charge in [0.1, 0.15) is 12.0 Å². The molecule has 0 N–H and O–H groups in total. The molecule has 0 spiro atoms. The molecule has 0 saturated heterocycles. The number of hydrogen-bond donors (Lipinski definition) is 0. The summed E-state index contributed by atoms with van der Waals surface area (Å²) >= 11 is 0. The van der Waals surface area contributed by atoms with Crippen molar-refractivity contribution < 1.29 is 9.53 Å². The minimum absolute atomic E-state index is 0.00597. The van der Waals surface area contributed by atoms with Crippen LogP contribution < -0.4 is 4.74 Å². The smallest absolute Gasteiger partial charge is 0.127 e. The summed E-state index contributed by atoms with van der Waals surface area (Å²) in [5, 5.41) is 0. The van der Waals surface area contributed by atoms with Crippen molar-refractivity contribution in [2.75, 3.05) is 7.11 Å². The first-order chi connectivity index (χ1) is 8.36.